The molecule has 1 aliphatic heterocycles. The first-order valence-electron chi connectivity index (χ1n) is 9.73. The predicted molar refractivity (Wildman–Crippen MR) is 117 cm³/mol. The maximum Gasteiger partial charge on any atom is 0.351 e. The molecule has 2 heterocycles. The van der Waals surface area contributed by atoms with Gasteiger partial charge in [0.05, 0.1) is 4.83 Å². The molecular weight excluding hydrogens is 486 g/mol. The number of nitrogens with zero attached hydrogens (tertiary/aromatic N) is 2. The standard InChI is InChI=1S/C21H22BrN3O7/c1-11(26)23-19-15(14-7-5-4-6-8-14)9-25(21(29)24-19)20-18(31-13(3)28)17(22)16(32-20)10-30-12(2)27/h4-9,16-18,20H,10H2,1-3H3,(H,23,24,26,29)/t16-,17+,18-,20-/m1/s1. The van der Waals surface area contributed by atoms with Gasteiger partial charge in [-0.25, -0.2) is 4.79 Å². The third-order valence-electron chi connectivity index (χ3n) is 4.62. The zero-order valence-corrected chi connectivity index (χ0v) is 19.2. The van der Waals surface area contributed by atoms with Gasteiger partial charge in [0.1, 0.15) is 18.5 Å². The molecule has 170 valence electrons. The van der Waals surface area contributed by atoms with E-state index in [-0.39, 0.29) is 18.3 Å². The molecule has 1 aromatic carbocycles. The van der Waals surface area contributed by atoms with Gasteiger partial charge >= 0.3 is 17.6 Å². The van der Waals surface area contributed by atoms with Crippen LogP contribution in [0.15, 0.2) is 41.3 Å². The van der Waals surface area contributed by atoms with Crippen molar-refractivity contribution in [3.63, 3.8) is 0 Å². The number of alkyl halides is 1. The monoisotopic (exact) mass is 507 g/mol. The number of esters is 2. The zero-order chi connectivity index (χ0) is 23.4. The van der Waals surface area contributed by atoms with Gasteiger partial charge in [0, 0.05) is 32.5 Å². The van der Waals surface area contributed by atoms with Crippen LogP contribution >= 0.6 is 15.9 Å². The number of halogens is 1. The smallest absolute Gasteiger partial charge is 0.351 e. The lowest BCUT2D eigenvalue weighted by atomic mass is 10.1. The van der Waals surface area contributed by atoms with Crippen molar-refractivity contribution in [3.8, 4) is 11.1 Å². The van der Waals surface area contributed by atoms with Crippen molar-refractivity contribution < 1.29 is 28.6 Å². The van der Waals surface area contributed by atoms with Gasteiger partial charge in [-0.3, -0.25) is 19.0 Å². The number of benzene rings is 1. The van der Waals surface area contributed by atoms with Crippen LogP contribution in [0.4, 0.5) is 5.82 Å². The molecule has 1 fully saturated rings. The molecule has 1 N–H and O–H groups in total. The molecular formula is C21H22BrN3O7. The van der Waals surface area contributed by atoms with Gasteiger partial charge in [0.2, 0.25) is 5.91 Å². The Morgan fingerprint density at radius 2 is 1.84 bits per heavy atom. The van der Waals surface area contributed by atoms with Crippen molar-refractivity contribution in [2.75, 3.05) is 11.9 Å². The first-order valence-corrected chi connectivity index (χ1v) is 10.6. The number of carbonyl (C=O) groups is 3. The topological polar surface area (TPSA) is 126 Å². The first-order chi connectivity index (χ1) is 15.2. The van der Waals surface area contributed by atoms with Gasteiger partial charge in [-0.2, -0.15) is 4.98 Å². The minimum atomic E-state index is -1.04. The number of hydrogen-bond donors (Lipinski definition) is 1. The Labute approximate surface area is 192 Å². The molecule has 0 spiro atoms. The van der Waals surface area contributed by atoms with Crippen LogP contribution < -0.4 is 11.0 Å². The van der Waals surface area contributed by atoms with E-state index in [0.29, 0.717) is 11.1 Å². The average molecular weight is 508 g/mol. The van der Waals surface area contributed by atoms with E-state index >= 15 is 0 Å². The maximum absolute atomic E-state index is 12.9. The van der Waals surface area contributed by atoms with E-state index in [1.807, 2.05) is 6.07 Å². The Hall–Kier alpha value is -3.05. The molecule has 0 aliphatic carbocycles. The summed E-state index contributed by atoms with van der Waals surface area (Å²) in [6, 6.07) is 9.04. The van der Waals surface area contributed by atoms with Gasteiger partial charge in [0.25, 0.3) is 0 Å². The normalized spacial score (nSPS) is 22.2. The van der Waals surface area contributed by atoms with Crippen LogP contribution in [0.1, 0.15) is 27.0 Å². The highest BCUT2D eigenvalue weighted by Gasteiger charge is 2.47. The second kappa shape index (κ2) is 10.0. The lowest BCUT2D eigenvalue weighted by Gasteiger charge is -2.22. The summed E-state index contributed by atoms with van der Waals surface area (Å²) in [6.45, 7) is 3.72. The third kappa shape index (κ3) is 5.40. The van der Waals surface area contributed by atoms with Crippen LogP contribution in [-0.4, -0.2) is 51.0 Å². The summed E-state index contributed by atoms with van der Waals surface area (Å²) < 4.78 is 17.6. The number of aromatic nitrogens is 2. The fourth-order valence-corrected chi connectivity index (χ4v) is 3.96. The molecule has 32 heavy (non-hydrogen) atoms. The number of rotatable bonds is 6. The second-order valence-electron chi connectivity index (χ2n) is 7.13. The number of ether oxygens (including phenoxy) is 3. The van der Waals surface area contributed by atoms with Gasteiger partial charge in [-0.15, -0.1) is 0 Å². The maximum atomic E-state index is 12.9. The summed E-state index contributed by atoms with van der Waals surface area (Å²) in [7, 11) is 0. The third-order valence-corrected chi connectivity index (χ3v) is 5.73. The largest absolute Gasteiger partial charge is 0.463 e. The summed E-state index contributed by atoms with van der Waals surface area (Å²) >= 11 is 3.44. The van der Waals surface area contributed by atoms with Crippen LogP contribution in [0.2, 0.25) is 0 Å². The molecule has 0 unspecified atom stereocenters. The highest BCUT2D eigenvalue weighted by atomic mass is 79.9. The zero-order valence-electron chi connectivity index (χ0n) is 17.6. The average Bonchev–Trinajstić information content (AvgIpc) is 3.02. The fraction of sp³-hybridized carbons (Fsp3) is 0.381. The van der Waals surface area contributed by atoms with Gasteiger partial charge < -0.3 is 19.5 Å². The van der Waals surface area contributed by atoms with E-state index < -0.39 is 40.9 Å². The number of nitrogens with one attached hydrogen (secondary N) is 1. The highest BCUT2D eigenvalue weighted by molar-refractivity contribution is 9.09. The van der Waals surface area contributed by atoms with Crippen molar-refractivity contribution in [1.82, 2.24) is 9.55 Å². The fourth-order valence-electron chi connectivity index (χ4n) is 3.31. The number of carbonyl (C=O) groups excluding carboxylic acids is 3. The molecule has 3 rings (SSSR count). The summed E-state index contributed by atoms with van der Waals surface area (Å²) in [5.74, 6) is -1.35. The van der Waals surface area contributed by atoms with E-state index in [1.54, 1.807) is 24.3 Å². The lowest BCUT2D eigenvalue weighted by Crippen LogP contribution is -2.37. The summed E-state index contributed by atoms with van der Waals surface area (Å²) in [6.07, 6.45) is -1.14. The predicted octanol–water partition coefficient (Wildman–Crippen LogP) is 2.02. The Morgan fingerprint density at radius 3 is 2.44 bits per heavy atom. The van der Waals surface area contributed by atoms with E-state index in [4.69, 9.17) is 14.2 Å². The van der Waals surface area contributed by atoms with E-state index in [1.165, 1.54) is 31.5 Å². The number of amides is 1. The molecule has 10 nitrogen and oxygen atoms in total. The molecule has 2 aromatic rings. The van der Waals surface area contributed by atoms with Crippen LogP contribution in [0.3, 0.4) is 0 Å². The lowest BCUT2D eigenvalue weighted by molar-refractivity contribution is -0.153. The Kier molecular flexibility index (Phi) is 7.41. The minimum absolute atomic E-state index is 0.0961. The number of hydrogen-bond acceptors (Lipinski definition) is 8. The molecule has 1 saturated heterocycles. The molecule has 0 saturated carbocycles. The first kappa shape index (κ1) is 23.6. The van der Waals surface area contributed by atoms with E-state index in [9.17, 15) is 19.2 Å². The van der Waals surface area contributed by atoms with Crippen LogP contribution in [0.25, 0.3) is 11.1 Å². The second-order valence-corrected chi connectivity index (χ2v) is 8.18. The molecule has 1 aliphatic rings. The minimum Gasteiger partial charge on any atom is -0.463 e. The van der Waals surface area contributed by atoms with Crippen molar-refractivity contribution in [3.05, 3.63) is 47.0 Å². The van der Waals surface area contributed by atoms with Crippen molar-refractivity contribution in [1.29, 1.82) is 0 Å². The molecule has 11 heteroatoms. The SMILES string of the molecule is CC(=O)Nc1nc(=O)n([C@@H]2O[C@H](COC(C)=O)[C@H](Br)[C@H]2OC(C)=O)cc1-c1ccccc1. The van der Waals surface area contributed by atoms with E-state index in [0.717, 1.165) is 0 Å². The summed E-state index contributed by atoms with van der Waals surface area (Å²) in [4.78, 5) is 50.9. The quantitative estimate of drug-likeness (QED) is 0.464. The van der Waals surface area contributed by atoms with Crippen LogP contribution in [0.5, 0.6) is 0 Å². The van der Waals surface area contributed by atoms with Crippen LogP contribution in [0, 0.1) is 0 Å². The van der Waals surface area contributed by atoms with Gasteiger partial charge in [-0.05, 0) is 5.56 Å². The molecule has 0 bridgehead atoms. The molecule has 0 radical (unpaired) electrons. The van der Waals surface area contributed by atoms with Crippen LogP contribution in [-0.2, 0) is 28.6 Å². The Balaban J connectivity index is 2.07. The summed E-state index contributed by atoms with van der Waals surface area (Å²) in [5.41, 5.74) is 0.454. The van der Waals surface area contributed by atoms with Crippen molar-refractivity contribution in [2.45, 2.75) is 44.0 Å². The van der Waals surface area contributed by atoms with Gasteiger partial charge in [-0.1, -0.05) is 46.3 Å². The van der Waals surface area contributed by atoms with Crippen molar-refractivity contribution in [2.24, 2.45) is 0 Å². The Bertz CT molecular complexity index is 1070. The highest BCUT2D eigenvalue weighted by Crippen LogP contribution is 2.37. The molecule has 1 aromatic heterocycles. The number of anilines is 1. The van der Waals surface area contributed by atoms with Crippen molar-refractivity contribution >= 4 is 39.6 Å². The Morgan fingerprint density at radius 1 is 1.16 bits per heavy atom. The molecule has 4 atom stereocenters. The van der Waals surface area contributed by atoms with E-state index in [2.05, 4.69) is 26.2 Å². The molecule has 1 amide bonds. The van der Waals surface area contributed by atoms with Gasteiger partial charge in [0.15, 0.2) is 12.3 Å². The summed E-state index contributed by atoms with van der Waals surface area (Å²) in [5, 5.41) is 2.57.